The summed E-state index contributed by atoms with van der Waals surface area (Å²) in [5, 5.41) is 0. The first-order valence-electron chi connectivity index (χ1n) is 11.3. The molecule has 2 aromatic heterocycles. The van der Waals surface area contributed by atoms with E-state index in [4.69, 9.17) is 14.2 Å². The Kier molecular flexibility index (Phi) is 7.74. The summed E-state index contributed by atoms with van der Waals surface area (Å²) in [6.07, 6.45) is 6.76. The number of methoxy groups -OCH3 is 1. The number of ether oxygens (including phenoxy) is 3. The van der Waals surface area contributed by atoms with Crippen molar-refractivity contribution in [3.8, 4) is 28.5 Å². The highest BCUT2D eigenvalue weighted by molar-refractivity contribution is 7.85. The number of hydrogen-bond donors (Lipinski definition) is 0. The SMILES string of the molecule is COc1cc(-c2cnc3cc(OCCCOS(C)(=O)=O)ccn23)cc(OC(F)F)c1C(=O)CC1CC1. The lowest BCUT2D eigenvalue weighted by molar-refractivity contribution is -0.0502. The second-order valence-corrected chi connectivity index (χ2v) is 10.1. The Bertz CT molecular complexity index is 1350. The maximum atomic E-state index is 13.2. The minimum Gasteiger partial charge on any atom is -0.496 e. The second kappa shape index (κ2) is 10.8. The lowest BCUT2D eigenvalue weighted by atomic mass is 10.00. The van der Waals surface area contributed by atoms with Crippen molar-refractivity contribution in [2.45, 2.75) is 32.3 Å². The van der Waals surface area contributed by atoms with Crippen molar-refractivity contribution in [3.63, 3.8) is 0 Å². The largest absolute Gasteiger partial charge is 0.496 e. The summed E-state index contributed by atoms with van der Waals surface area (Å²) in [7, 11) is -2.12. The number of Topliss-reactive ketones (excluding diaryl/α,β-unsaturated/α-hetero) is 1. The van der Waals surface area contributed by atoms with E-state index < -0.39 is 16.7 Å². The van der Waals surface area contributed by atoms with Crippen LogP contribution in [0.2, 0.25) is 0 Å². The Morgan fingerprint density at radius 3 is 2.61 bits per heavy atom. The number of hydrogen-bond acceptors (Lipinski definition) is 8. The third-order valence-electron chi connectivity index (χ3n) is 5.59. The summed E-state index contributed by atoms with van der Waals surface area (Å²) in [5.41, 5.74) is 1.58. The summed E-state index contributed by atoms with van der Waals surface area (Å²) < 4.78 is 70.6. The zero-order valence-corrected chi connectivity index (χ0v) is 20.6. The van der Waals surface area contributed by atoms with Gasteiger partial charge in [0.2, 0.25) is 0 Å². The van der Waals surface area contributed by atoms with Crippen LogP contribution in [0.1, 0.15) is 36.0 Å². The Morgan fingerprint density at radius 2 is 1.94 bits per heavy atom. The Balaban J connectivity index is 1.58. The van der Waals surface area contributed by atoms with Crippen LogP contribution in [0.15, 0.2) is 36.7 Å². The normalized spacial score (nSPS) is 13.8. The van der Waals surface area contributed by atoms with Gasteiger partial charge < -0.3 is 14.2 Å². The molecule has 1 saturated carbocycles. The molecule has 0 amide bonds. The van der Waals surface area contributed by atoms with E-state index in [1.165, 1.54) is 13.2 Å². The lowest BCUT2D eigenvalue weighted by Gasteiger charge is -2.16. The Morgan fingerprint density at radius 1 is 1.19 bits per heavy atom. The van der Waals surface area contributed by atoms with E-state index in [0.29, 0.717) is 29.1 Å². The van der Waals surface area contributed by atoms with Gasteiger partial charge in [-0.1, -0.05) is 0 Å². The van der Waals surface area contributed by atoms with Gasteiger partial charge >= 0.3 is 6.61 Å². The minimum absolute atomic E-state index is 0.0119. The zero-order chi connectivity index (χ0) is 25.9. The van der Waals surface area contributed by atoms with E-state index in [1.807, 2.05) is 0 Å². The third kappa shape index (κ3) is 6.49. The summed E-state index contributed by atoms with van der Waals surface area (Å²) in [5.74, 6) is 0.401. The molecule has 9 nitrogen and oxygen atoms in total. The number of carbonyl (C=O) groups excluding carboxylic acids is 1. The third-order valence-corrected chi connectivity index (χ3v) is 6.18. The van der Waals surface area contributed by atoms with E-state index >= 15 is 0 Å². The lowest BCUT2D eigenvalue weighted by Crippen LogP contribution is -2.11. The van der Waals surface area contributed by atoms with Gasteiger partial charge in [-0.25, -0.2) is 4.98 Å². The number of fused-ring (bicyclic) bond motifs is 1. The molecule has 0 bridgehead atoms. The first-order chi connectivity index (χ1) is 17.1. The summed E-state index contributed by atoms with van der Waals surface area (Å²) in [6, 6.07) is 6.37. The molecule has 0 unspecified atom stereocenters. The molecule has 1 aliphatic carbocycles. The van der Waals surface area contributed by atoms with Gasteiger partial charge in [0.05, 0.1) is 38.5 Å². The molecule has 4 rings (SSSR count). The van der Waals surface area contributed by atoms with Crippen LogP contribution in [0.25, 0.3) is 16.9 Å². The van der Waals surface area contributed by atoms with Gasteiger partial charge in [0.1, 0.15) is 28.5 Å². The van der Waals surface area contributed by atoms with Gasteiger partial charge in [0.15, 0.2) is 5.78 Å². The highest BCUT2D eigenvalue weighted by Crippen LogP contribution is 2.40. The number of halogens is 2. The van der Waals surface area contributed by atoms with Crippen LogP contribution in [0.5, 0.6) is 17.2 Å². The van der Waals surface area contributed by atoms with Crippen molar-refractivity contribution < 1.29 is 40.4 Å². The highest BCUT2D eigenvalue weighted by atomic mass is 32.2. The molecule has 36 heavy (non-hydrogen) atoms. The van der Waals surface area contributed by atoms with Crippen LogP contribution in [0, 0.1) is 5.92 Å². The van der Waals surface area contributed by atoms with E-state index in [0.717, 1.165) is 19.1 Å². The van der Waals surface area contributed by atoms with Gasteiger partial charge in [-0.2, -0.15) is 17.2 Å². The quantitative estimate of drug-likeness (QED) is 0.185. The van der Waals surface area contributed by atoms with Crippen LogP contribution in [0.4, 0.5) is 8.78 Å². The zero-order valence-electron chi connectivity index (χ0n) is 19.8. The van der Waals surface area contributed by atoms with Crippen molar-refractivity contribution in [1.82, 2.24) is 9.38 Å². The van der Waals surface area contributed by atoms with E-state index in [9.17, 15) is 22.0 Å². The fraction of sp³-hybridized carbons (Fsp3) is 0.417. The average molecular weight is 525 g/mol. The maximum absolute atomic E-state index is 13.2. The highest BCUT2D eigenvalue weighted by Gasteiger charge is 2.29. The number of nitrogens with zero attached hydrogens (tertiary/aromatic N) is 2. The number of rotatable bonds is 13. The molecule has 0 radical (unpaired) electrons. The van der Waals surface area contributed by atoms with Gasteiger partial charge in [-0.05, 0) is 37.0 Å². The molecular weight excluding hydrogens is 498 g/mol. The van der Waals surface area contributed by atoms with Gasteiger partial charge in [-0.3, -0.25) is 13.4 Å². The van der Waals surface area contributed by atoms with Crippen LogP contribution < -0.4 is 14.2 Å². The fourth-order valence-corrected chi connectivity index (χ4v) is 4.19. The van der Waals surface area contributed by atoms with E-state index in [2.05, 4.69) is 9.17 Å². The predicted molar refractivity (Wildman–Crippen MR) is 126 cm³/mol. The first kappa shape index (κ1) is 25.8. The molecule has 1 aromatic carbocycles. The molecule has 1 fully saturated rings. The number of ketones is 1. The molecular formula is C24H26F2N2O7S. The van der Waals surface area contributed by atoms with Gasteiger partial charge in [-0.15, -0.1) is 0 Å². The van der Waals surface area contributed by atoms with Crippen LogP contribution in [0.3, 0.4) is 0 Å². The van der Waals surface area contributed by atoms with Crippen LogP contribution in [-0.2, 0) is 14.3 Å². The average Bonchev–Trinajstić information content (AvgIpc) is 3.52. The number of alkyl halides is 2. The second-order valence-electron chi connectivity index (χ2n) is 8.46. The van der Waals surface area contributed by atoms with Gasteiger partial charge in [0.25, 0.3) is 10.1 Å². The standard InChI is InChI=1S/C24H26F2N2O7S/c1-32-20-11-16(12-21(35-24(25)26)23(20)19(29)10-15-4-5-15)18-14-27-22-13-17(6-7-28(18)22)33-8-3-9-34-36(2,30)31/h6-7,11-15,24H,3-5,8-10H2,1-2H3. The molecule has 1 aliphatic rings. The Labute approximate surface area is 207 Å². The van der Waals surface area contributed by atoms with Crippen LogP contribution in [-0.4, -0.2) is 56.8 Å². The molecule has 0 atom stereocenters. The summed E-state index contributed by atoms with van der Waals surface area (Å²) >= 11 is 0. The van der Waals surface area contributed by atoms with Crippen molar-refractivity contribution in [3.05, 3.63) is 42.2 Å². The van der Waals surface area contributed by atoms with Gasteiger partial charge in [0, 0.05) is 30.7 Å². The van der Waals surface area contributed by atoms with E-state index in [-0.39, 0.29) is 48.4 Å². The molecule has 0 saturated heterocycles. The number of benzene rings is 1. The maximum Gasteiger partial charge on any atom is 0.387 e. The Hall–Kier alpha value is -3.25. The molecule has 0 spiro atoms. The smallest absolute Gasteiger partial charge is 0.387 e. The summed E-state index contributed by atoms with van der Waals surface area (Å²) in [6.45, 7) is -2.86. The molecule has 12 heteroatoms. The summed E-state index contributed by atoms with van der Waals surface area (Å²) in [4.78, 5) is 17.2. The van der Waals surface area contributed by atoms with Crippen molar-refractivity contribution in [2.24, 2.45) is 5.92 Å². The number of aromatic nitrogens is 2. The molecule has 194 valence electrons. The molecule has 3 aromatic rings. The fourth-order valence-electron chi connectivity index (χ4n) is 3.77. The monoisotopic (exact) mass is 524 g/mol. The van der Waals surface area contributed by atoms with Crippen LogP contribution >= 0.6 is 0 Å². The molecule has 0 N–H and O–H groups in total. The molecule has 0 aliphatic heterocycles. The number of imidazole rings is 1. The first-order valence-corrected chi connectivity index (χ1v) is 13.1. The number of carbonyl (C=O) groups is 1. The van der Waals surface area contributed by atoms with E-state index in [1.54, 1.807) is 35.0 Å². The van der Waals surface area contributed by atoms with Crippen molar-refractivity contribution in [2.75, 3.05) is 26.6 Å². The topological polar surface area (TPSA) is 105 Å². The van der Waals surface area contributed by atoms with Crippen molar-refractivity contribution >= 4 is 21.5 Å². The molecule has 2 heterocycles. The van der Waals surface area contributed by atoms with Crippen molar-refractivity contribution in [1.29, 1.82) is 0 Å². The predicted octanol–water partition coefficient (Wildman–Crippen LogP) is 4.34. The minimum atomic E-state index is -3.49. The number of pyridine rings is 1.